The van der Waals surface area contributed by atoms with Gasteiger partial charge >= 0.3 is 0 Å². The summed E-state index contributed by atoms with van der Waals surface area (Å²) in [5, 5.41) is 0.780. The number of hydrogen-bond donors (Lipinski definition) is 0. The standard InChI is InChI=1S/C16H15ClOS/c17-14-9-4-5-11-16(14)19-12-6-10-15(18)13-7-2-1-3-8-13/h1-5,7-9,11H,6,10,12H2. The molecule has 1 nitrogen and oxygen atoms in total. The molecule has 0 aromatic heterocycles. The highest BCUT2D eigenvalue weighted by Crippen LogP contribution is 2.27. The van der Waals surface area contributed by atoms with E-state index >= 15 is 0 Å². The minimum atomic E-state index is 0.209. The molecule has 0 radical (unpaired) electrons. The SMILES string of the molecule is O=C(CCCSc1ccccc1Cl)c1ccccc1. The summed E-state index contributed by atoms with van der Waals surface area (Å²) in [4.78, 5) is 13.0. The summed E-state index contributed by atoms with van der Waals surface area (Å²) in [6.07, 6.45) is 1.45. The van der Waals surface area contributed by atoms with Crippen molar-refractivity contribution in [2.45, 2.75) is 17.7 Å². The van der Waals surface area contributed by atoms with Gasteiger partial charge in [-0.1, -0.05) is 54.1 Å². The van der Waals surface area contributed by atoms with Crippen LogP contribution in [0, 0.1) is 0 Å². The Morgan fingerprint density at radius 1 is 1.00 bits per heavy atom. The quantitative estimate of drug-likeness (QED) is 0.418. The molecule has 0 heterocycles. The van der Waals surface area contributed by atoms with E-state index in [1.807, 2.05) is 54.6 Å². The molecule has 0 saturated carbocycles. The zero-order chi connectivity index (χ0) is 13.5. The number of ketones is 1. The second-order valence-corrected chi connectivity index (χ2v) is 5.72. The van der Waals surface area contributed by atoms with Crippen molar-refractivity contribution in [2.75, 3.05) is 5.75 Å². The average Bonchev–Trinajstić information content (AvgIpc) is 2.46. The van der Waals surface area contributed by atoms with Gasteiger partial charge in [-0.15, -0.1) is 11.8 Å². The van der Waals surface area contributed by atoms with Gasteiger partial charge in [0.05, 0.1) is 5.02 Å². The van der Waals surface area contributed by atoms with Crippen molar-refractivity contribution >= 4 is 29.1 Å². The molecule has 3 heteroatoms. The molecule has 0 unspecified atom stereocenters. The van der Waals surface area contributed by atoms with E-state index in [1.54, 1.807) is 11.8 Å². The van der Waals surface area contributed by atoms with Gasteiger partial charge in [0.2, 0.25) is 0 Å². The number of carbonyl (C=O) groups excluding carboxylic acids is 1. The second-order valence-electron chi connectivity index (χ2n) is 4.17. The third-order valence-corrected chi connectivity index (χ3v) is 4.34. The van der Waals surface area contributed by atoms with Crippen LogP contribution in [-0.4, -0.2) is 11.5 Å². The van der Waals surface area contributed by atoms with Gasteiger partial charge < -0.3 is 0 Å². The highest BCUT2D eigenvalue weighted by Gasteiger charge is 2.05. The number of thioether (sulfide) groups is 1. The minimum Gasteiger partial charge on any atom is -0.294 e. The van der Waals surface area contributed by atoms with Crippen LogP contribution in [0.2, 0.25) is 5.02 Å². The van der Waals surface area contributed by atoms with Crippen molar-refractivity contribution < 1.29 is 4.79 Å². The van der Waals surface area contributed by atoms with Gasteiger partial charge in [0.15, 0.2) is 5.78 Å². The zero-order valence-electron chi connectivity index (χ0n) is 10.5. The van der Waals surface area contributed by atoms with E-state index in [2.05, 4.69) is 0 Å². The van der Waals surface area contributed by atoms with Crippen molar-refractivity contribution in [1.82, 2.24) is 0 Å². The van der Waals surface area contributed by atoms with Gasteiger partial charge in [-0.2, -0.15) is 0 Å². The van der Waals surface area contributed by atoms with E-state index in [4.69, 9.17) is 11.6 Å². The molecule has 0 saturated heterocycles. The third kappa shape index (κ3) is 4.41. The van der Waals surface area contributed by atoms with E-state index in [1.165, 1.54) is 0 Å². The fraction of sp³-hybridized carbons (Fsp3) is 0.188. The lowest BCUT2D eigenvalue weighted by molar-refractivity contribution is 0.0982. The number of benzene rings is 2. The third-order valence-electron chi connectivity index (χ3n) is 2.74. The zero-order valence-corrected chi connectivity index (χ0v) is 12.1. The molecule has 0 atom stereocenters. The Morgan fingerprint density at radius 3 is 2.42 bits per heavy atom. The molecule has 0 aliphatic heterocycles. The van der Waals surface area contributed by atoms with Gasteiger partial charge in [-0.05, 0) is 24.3 Å². The first-order chi connectivity index (χ1) is 9.27. The molecule has 0 N–H and O–H groups in total. The van der Waals surface area contributed by atoms with E-state index in [0.29, 0.717) is 6.42 Å². The number of halogens is 1. The lowest BCUT2D eigenvalue weighted by atomic mass is 10.1. The van der Waals surface area contributed by atoms with Gasteiger partial charge in [0.25, 0.3) is 0 Å². The topological polar surface area (TPSA) is 17.1 Å². The predicted molar refractivity (Wildman–Crippen MR) is 82.2 cm³/mol. The molecule has 98 valence electrons. The first kappa shape index (κ1) is 14.2. The number of rotatable bonds is 6. The lowest BCUT2D eigenvalue weighted by Crippen LogP contribution is -1.99. The molecule has 0 spiro atoms. The van der Waals surface area contributed by atoms with Crippen LogP contribution >= 0.6 is 23.4 Å². The Kier molecular flexibility index (Phi) is 5.49. The largest absolute Gasteiger partial charge is 0.294 e. The first-order valence-corrected chi connectivity index (χ1v) is 7.59. The van der Waals surface area contributed by atoms with Gasteiger partial charge in [-0.3, -0.25) is 4.79 Å². The number of Topliss-reactive ketones (excluding diaryl/α,β-unsaturated/α-hetero) is 1. The van der Waals surface area contributed by atoms with Crippen LogP contribution in [0.3, 0.4) is 0 Å². The maximum absolute atomic E-state index is 11.9. The predicted octanol–water partition coefficient (Wildman–Crippen LogP) is 5.10. The summed E-state index contributed by atoms with van der Waals surface area (Å²) >= 11 is 7.77. The molecule has 2 rings (SSSR count). The van der Waals surface area contributed by atoms with Crippen LogP contribution in [0.4, 0.5) is 0 Å². The molecule has 0 bridgehead atoms. The van der Waals surface area contributed by atoms with Gasteiger partial charge in [0.1, 0.15) is 0 Å². The second kappa shape index (κ2) is 7.37. The Hall–Kier alpha value is -1.25. The summed E-state index contributed by atoms with van der Waals surface area (Å²) in [5.41, 5.74) is 0.797. The Labute approximate surface area is 123 Å². The molecule has 0 fully saturated rings. The van der Waals surface area contributed by atoms with Crippen LogP contribution in [-0.2, 0) is 0 Å². The van der Waals surface area contributed by atoms with Crippen LogP contribution in [0.15, 0.2) is 59.5 Å². The van der Waals surface area contributed by atoms with E-state index in [-0.39, 0.29) is 5.78 Å². The Bertz CT molecular complexity index is 539. The summed E-state index contributed by atoms with van der Waals surface area (Å²) < 4.78 is 0. The van der Waals surface area contributed by atoms with Gasteiger partial charge in [0, 0.05) is 16.9 Å². The molecule has 0 amide bonds. The molecule has 2 aromatic carbocycles. The molecule has 2 aromatic rings. The highest BCUT2D eigenvalue weighted by atomic mass is 35.5. The number of carbonyl (C=O) groups is 1. The van der Waals surface area contributed by atoms with Crippen molar-refractivity contribution in [3.63, 3.8) is 0 Å². The average molecular weight is 291 g/mol. The normalized spacial score (nSPS) is 10.4. The highest BCUT2D eigenvalue weighted by molar-refractivity contribution is 7.99. The van der Waals surface area contributed by atoms with Crippen LogP contribution in [0.5, 0.6) is 0 Å². The van der Waals surface area contributed by atoms with Crippen molar-refractivity contribution in [2.24, 2.45) is 0 Å². The van der Waals surface area contributed by atoms with Crippen LogP contribution in [0.1, 0.15) is 23.2 Å². The van der Waals surface area contributed by atoms with E-state index in [0.717, 1.165) is 27.7 Å². The van der Waals surface area contributed by atoms with Crippen LogP contribution < -0.4 is 0 Å². The van der Waals surface area contributed by atoms with E-state index < -0.39 is 0 Å². The maximum atomic E-state index is 11.9. The van der Waals surface area contributed by atoms with Crippen molar-refractivity contribution in [1.29, 1.82) is 0 Å². The Balaban J connectivity index is 1.76. The van der Waals surface area contributed by atoms with Crippen molar-refractivity contribution in [3.05, 3.63) is 65.2 Å². The molecule has 0 aliphatic rings. The molecule has 19 heavy (non-hydrogen) atoms. The summed E-state index contributed by atoms with van der Waals surface area (Å²) in [6.45, 7) is 0. The Morgan fingerprint density at radius 2 is 1.68 bits per heavy atom. The fourth-order valence-corrected chi connectivity index (χ4v) is 2.93. The lowest BCUT2D eigenvalue weighted by Gasteiger charge is -2.03. The summed E-state index contributed by atoms with van der Waals surface area (Å²) in [5.74, 6) is 1.11. The summed E-state index contributed by atoms with van der Waals surface area (Å²) in [7, 11) is 0. The first-order valence-electron chi connectivity index (χ1n) is 6.23. The van der Waals surface area contributed by atoms with Gasteiger partial charge in [-0.25, -0.2) is 0 Å². The molecular formula is C16H15ClOS. The maximum Gasteiger partial charge on any atom is 0.162 e. The fourth-order valence-electron chi connectivity index (χ4n) is 1.75. The number of hydrogen-bond acceptors (Lipinski definition) is 2. The smallest absolute Gasteiger partial charge is 0.162 e. The van der Waals surface area contributed by atoms with E-state index in [9.17, 15) is 4.79 Å². The molecule has 0 aliphatic carbocycles. The van der Waals surface area contributed by atoms with Crippen molar-refractivity contribution in [3.8, 4) is 0 Å². The van der Waals surface area contributed by atoms with Crippen LogP contribution in [0.25, 0.3) is 0 Å². The summed E-state index contributed by atoms with van der Waals surface area (Å²) in [6, 6.07) is 17.2. The monoisotopic (exact) mass is 290 g/mol. The minimum absolute atomic E-state index is 0.209. The molecular weight excluding hydrogens is 276 g/mol.